The number of para-hydroxylation sites is 1. The van der Waals surface area contributed by atoms with Gasteiger partial charge >= 0.3 is 0 Å². The maximum atomic E-state index is 6.08. The molecule has 0 spiro atoms. The highest BCUT2D eigenvalue weighted by molar-refractivity contribution is 7.18. The largest absolute Gasteiger partial charge is 0.327 e. The molecule has 1 heterocycles. The van der Waals surface area contributed by atoms with Crippen molar-refractivity contribution in [1.29, 1.82) is 0 Å². The van der Waals surface area contributed by atoms with Crippen molar-refractivity contribution in [3.63, 3.8) is 0 Å². The summed E-state index contributed by atoms with van der Waals surface area (Å²) >= 11 is 1.77. The number of nitrogens with zero attached hydrogens (tertiary/aromatic N) is 1. The van der Waals surface area contributed by atoms with Crippen molar-refractivity contribution < 1.29 is 0 Å². The van der Waals surface area contributed by atoms with Gasteiger partial charge in [-0.3, -0.25) is 0 Å². The monoisotopic (exact) mass is 234 g/mol. The van der Waals surface area contributed by atoms with Crippen LogP contribution < -0.4 is 5.73 Å². The number of hydrogen-bond acceptors (Lipinski definition) is 3. The first kappa shape index (κ1) is 11.6. The second-order valence-electron chi connectivity index (χ2n) is 4.64. The molecule has 0 radical (unpaired) electrons. The Morgan fingerprint density at radius 1 is 1.38 bits per heavy atom. The predicted octanol–water partition coefficient (Wildman–Crippen LogP) is 3.13. The molecule has 1 atom stereocenters. The lowest BCUT2D eigenvalue weighted by molar-refractivity contribution is 0.490. The zero-order chi connectivity index (χ0) is 11.7. The first-order valence-electron chi connectivity index (χ1n) is 5.68. The Hall–Kier alpha value is -0.930. The molecule has 86 valence electrons. The molecular weight excluding hydrogens is 216 g/mol. The highest BCUT2D eigenvalue weighted by Crippen LogP contribution is 2.25. The van der Waals surface area contributed by atoms with E-state index >= 15 is 0 Å². The number of hydrogen-bond donors (Lipinski definition) is 1. The fraction of sp³-hybridized carbons (Fsp3) is 0.462. The zero-order valence-corrected chi connectivity index (χ0v) is 10.8. The van der Waals surface area contributed by atoms with Gasteiger partial charge in [0.2, 0.25) is 0 Å². The van der Waals surface area contributed by atoms with Crippen LogP contribution in [0.4, 0.5) is 0 Å². The van der Waals surface area contributed by atoms with Gasteiger partial charge in [-0.05, 0) is 24.5 Å². The highest BCUT2D eigenvalue weighted by atomic mass is 32.1. The standard InChI is InChI=1S/C13H18N2S/c1-8(2)10(14)7-12-15-13-9(3)5-4-6-11(13)16-12/h4-6,8,10H,7,14H2,1-3H3. The minimum absolute atomic E-state index is 0.209. The smallest absolute Gasteiger partial charge is 0.0954 e. The minimum Gasteiger partial charge on any atom is -0.327 e. The van der Waals surface area contributed by atoms with Crippen molar-refractivity contribution in [2.24, 2.45) is 11.7 Å². The van der Waals surface area contributed by atoms with E-state index in [1.807, 2.05) is 0 Å². The Balaban J connectivity index is 2.30. The highest BCUT2D eigenvalue weighted by Gasteiger charge is 2.12. The van der Waals surface area contributed by atoms with Crippen molar-refractivity contribution >= 4 is 21.6 Å². The van der Waals surface area contributed by atoms with Crippen LogP contribution in [0.3, 0.4) is 0 Å². The van der Waals surface area contributed by atoms with Gasteiger partial charge in [0, 0.05) is 12.5 Å². The Labute approximate surface area is 101 Å². The predicted molar refractivity (Wildman–Crippen MR) is 70.9 cm³/mol. The second-order valence-corrected chi connectivity index (χ2v) is 5.76. The molecule has 0 saturated carbocycles. The van der Waals surface area contributed by atoms with Crippen molar-refractivity contribution in [2.75, 3.05) is 0 Å². The summed E-state index contributed by atoms with van der Waals surface area (Å²) in [5, 5.41) is 1.16. The van der Waals surface area contributed by atoms with Gasteiger partial charge in [0.05, 0.1) is 15.2 Å². The first-order chi connectivity index (χ1) is 7.58. The molecule has 0 aliphatic rings. The molecule has 0 saturated heterocycles. The number of rotatable bonds is 3. The molecule has 1 aromatic heterocycles. The van der Waals surface area contributed by atoms with E-state index < -0.39 is 0 Å². The van der Waals surface area contributed by atoms with E-state index in [2.05, 4.69) is 44.0 Å². The van der Waals surface area contributed by atoms with Crippen LogP contribution in [0.1, 0.15) is 24.4 Å². The van der Waals surface area contributed by atoms with E-state index in [0.717, 1.165) is 16.9 Å². The fourth-order valence-corrected chi connectivity index (χ4v) is 2.77. The van der Waals surface area contributed by atoms with Gasteiger partial charge in [-0.2, -0.15) is 0 Å². The molecule has 0 fully saturated rings. The molecule has 1 unspecified atom stereocenters. The Morgan fingerprint density at radius 3 is 2.75 bits per heavy atom. The second kappa shape index (κ2) is 4.52. The van der Waals surface area contributed by atoms with E-state index in [-0.39, 0.29) is 6.04 Å². The molecule has 2 rings (SSSR count). The van der Waals surface area contributed by atoms with Crippen molar-refractivity contribution in [1.82, 2.24) is 4.98 Å². The number of thiazole rings is 1. The van der Waals surface area contributed by atoms with Crippen LogP contribution >= 0.6 is 11.3 Å². The van der Waals surface area contributed by atoms with E-state index in [1.165, 1.54) is 10.3 Å². The van der Waals surface area contributed by atoms with Gasteiger partial charge in [0.1, 0.15) is 0 Å². The molecule has 0 amide bonds. The topological polar surface area (TPSA) is 38.9 Å². The van der Waals surface area contributed by atoms with Crippen LogP contribution in [0.15, 0.2) is 18.2 Å². The van der Waals surface area contributed by atoms with Gasteiger partial charge in [-0.15, -0.1) is 11.3 Å². The molecule has 2 nitrogen and oxygen atoms in total. The molecule has 16 heavy (non-hydrogen) atoms. The van der Waals surface area contributed by atoms with Crippen LogP contribution in [-0.4, -0.2) is 11.0 Å². The number of fused-ring (bicyclic) bond motifs is 1. The number of benzene rings is 1. The molecule has 3 heteroatoms. The normalized spacial score (nSPS) is 13.6. The van der Waals surface area contributed by atoms with E-state index in [4.69, 9.17) is 5.73 Å². The third-order valence-electron chi connectivity index (χ3n) is 2.93. The minimum atomic E-state index is 0.209. The maximum Gasteiger partial charge on any atom is 0.0954 e. The molecule has 0 bridgehead atoms. The average Bonchev–Trinajstić information content (AvgIpc) is 2.61. The lowest BCUT2D eigenvalue weighted by Gasteiger charge is -2.12. The van der Waals surface area contributed by atoms with Crippen molar-refractivity contribution in [3.8, 4) is 0 Å². The van der Waals surface area contributed by atoms with Crippen molar-refractivity contribution in [2.45, 2.75) is 33.2 Å². The Kier molecular flexibility index (Phi) is 3.26. The summed E-state index contributed by atoms with van der Waals surface area (Å²) in [7, 11) is 0. The summed E-state index contributed by atoms with van der Waals surface area (Å²) in [6.07, 6.45) is 0.885. The van der Waals surface area contributed by atoms with Crippen LogP contribution in [0.25, 0.3) is 10.2 Å². The lowest BCUT2D eigenvalue weighted by atomic mass is 10.0. The molecule has 0 aliphatic heterocycles. The Morgan fingerprint density at radius 2 is 2.12 bits per heavy atom. The van der Waals surface area contributed by atoms with Crippen molar-refractivity contribution in [3.05, 3.63) is 28.8 Å². The van der Waals surface area contributed by atoms with Gasteiger partial charge in [0.25, 0.3) is 0 Å². The summed E-state index contributed by atoms with van der Waals surface area (Å²) in [6, 6.07) is 6.53. The summed E-state index contributed by atoms with van der Waals surface area (Å²) in [4.78, 5) is 4.67. The average molecular weight is 234 g/mol. The quantitative estimate of drug-likeness (QED) is 0.886. The molecule has 1 aromatic carbocycles. The van der Waals surface area contributed by atoms with Crippen LogP contribution in [0.5, 0.6) is 0 Å². The van der Waals surface area contributed by atoms with Gasteiger partial charge in [0.15, 0.2) is 0 Å². The first-order valence-corrected chi connectivity index (χ1v) is 6.50. The summed E-state index contributed by atoms with van der Waals surface area (Å²) in [5.74, 6) is 0.508. The number of nitrogens with two attached hydrogens (primary N) is 1. The summed E-state index contributed by atoms with van der Waals surface area (Å²) < 4.78 is 1.27. The van der Waals surface area contributed by atoms with Gasteiger partial charge < -0.3 is 5.73 Å². The van der Waals surface area contributed by atoms with Crippen LogP contribution in [-0.2, 0) is 6.42 Å². The Bertz CT molecular complexity index is 488. The third-order valence-corrected chi connectivity index (χ3v) is 3.97. The van der Waals surface area contributed by atoms with E-state index in [9.17, 15) is 0 Å². The summed E-state index contributed by atoms with van der Waals surface area (Å²) in [6.45, 7) is 6.42. The van der Waals surface area contributed by atoms with E-state index in [0.29, 0.717) is 5.92 Å². The number of aromatic nitrogens is 1. The van der Waals surface area contributed by atoms with Crippen LogP contribution in [0, 0.1) is 12.8 Å². The molecular formula is C13H18N2S. The lowest BCUT2D eigenvalue weighted by Crippen LogP contribution is -2.28. The summed E-state index contributed by atoms with van der Waals surface area (Å²) in [5.41, 5.74) is 8.46. The number of aryl methyl sites for hydroxylation is 1. The third kappa shape index (κ3) is 2.25. The van der Waals surface area contributed by atoms with Gasteiger partial charge in [-0.1, -0.05) is 26.0 Å². The van der Waals surface area contributed by atoms with E-state index in [1.54, 1.807) is 11.3 Å². The van der Waals surface area contributed by atoms with Crippen LogP contribution in [0.2, 0.25) is 0 Å². The maximum absolute atomic E-state index is 6.08. The zero-order valence-electron chi connectivity index (χ0n) is 10.0. The van der Waals surface area contributed by atoms with Gasteiger partial charge in [-0.25, -0.2) is 4.98 Å². The molecule has 2 N–H and O–H groups in total. The molecule has 2 aromatic rings. The fourth-order valence-electron chi connectivity index (χ4n) is 1.66. The SMILES string of the molecule is Cc1cccc2sc(CC(N)C(C)C)nc12. The molecule has 0 aliphatic carbocycles.